The van der Waals surface area contributed by atoms with E-state index in [1.807, 2.05) is 0 Å². The molecular weight excluding hydrogens is 693 g/mol. The second-order valence-corrected chi connectivity index (χ2v) is 15.5. The number of nitrogens with zero attached hydrogens (tertiary/aromatic N) is 3. The van der Waals surface area contributed by atoms with E-state index >= 15 is 0 Å². The highest BCUT2D eigenvalue weighted by Gasteiger charge is 2.44. The summed E-state index contributed by atoms with van der Waals surface area (Å²) in [6, 6.07) is 66.2. The first-order valence-electron chi connectivity index (χ1n) is 19.7. The van der Waals surface area contributed by atoms with E-state index in [1.165, 1.54) is 60.7 Å². The first-order chi connectivity index (χ1) is 28.1. The highest BCUT2D eigenvalue weighted by atomic mass is 16.3. The Kier molecular flexibility index (Phi) is 6.82. The Morgan fingerprint density at radius 3 is 1.98 bits per heavy atom. The summed E-state index contributed by atoms with van der Waals surface area (Å²) in [6.07, 6.45) is 0. The average molecular weight is 730 g/mol. The van der Waals surface area contributed by atoms with Crippen LogP contribution in [0, 0.1) is 13.8 Å². The van der Waals surface area contributed by atoms with Crippen LogP contribution in [0.4, 0.5) is 28.4 Å². The highest BCUT2D eigenvalue weighted by molar-refractivity contribution is 6.94. The Morgan fingerprint density at radius 2 is 1.25 bits per heavy atom. The Bertz CT molecular complexity index is 3160. The summed E-state index contributed by atoms with van der Waals surface area (Å²) in [5.74, 6) is 0.875. The summed E-state index contributed by atoms with van der Waals surface area (Å²) in [7, 11) is 0. The number of anilines is 5. The van der Waals surface area contributed by atoms with Crippen LogP contribution in [0.3, 0.4) is 0 Å². The van der Waals surface area contributed by atoms with Crippen molar-refractivity contribution in [2.24, 2.45) is 0 Å². The minimum atomic E-state index is -0.109. The topological polar surface area (TPSA) is 24.6 Å². The summed E-state index contributed by atoms with van der Waals surface area (Å²) in [5, 5.41) is 3.68. The first-order valence-corrected chi connectivity index (χ1v) is 19.7. The average Bonchev–Trinajstić information content (AvgIpc) is 3.84. The van der Waals surface area contributed by atoms with Crippen LogP contribution in [0.1, 0.15) is 11.1 Å². The van der Waals surface area contributed by atoms with E-state index in [1.54, 1.807) is 0 Å². The molecule has 0 unspecified atom stereocenters. The maximum absolute atomic E-state index is 6.70. The molecule has 2 aliphatic rings. The van der Waals surface area contributed by atoms with Gasteiger partial charge in [-0.25, -0.2) is 0 Å². The Hall–Kier alpha value is -7.24. The van der Waals surface area contributed by atoms with Gasteiger partial charge in [-0.05, 0) is 96.6 Å². The fourth-order valence-corrected chi connectivity index (χ4v) is 9.63. The van der Waals surface area contributed by atoms with Gasteiger partial charge in [0.25, 0.3) is 0 Å². The van der Waals surface area contributed by atoms with E-state index in [0.717, 1.165) is 50.7 Å². The van der Waals surface area contributed by atoms with Gasteiger partial charge in [-0.3, -0.25) is 0 Å². The van der Waals surface area contributed by atoms with Crippen LogP contribution in [0.25, 0.3) is 60.9 Å². The van der Waals surface area contributed by atoms with Gasteiger partial charge in [-0.1, -0.05) is 121 Å². The molecule has 5 heteroatoms. The molecule has 0 atom stereocenters. The molecule has 0 fully saturated rings. The van der Waals surface area contributed by atoms with Gasteiger partial charge in [0.1, 0.15) is 11.3 Å². The summed E-state index contributed by atoms with van der Waals surface area (Å²) in [6.45, 7) is 4.34. The van der Waals surface area contributed by atoms with Gasteiger partial charge < -0.3 is 18.7 Å². The molecule has 0 aliphatic carbocycles. The maximum Gasteiger partial charge on any atom is 0.333 e. The molecule has 10 aromatic rings. The van der Waals surface area contributed by atoms with Crippen LogP contribution in [0.5, 0.6) is 0 Å². The van der Waals surface area contributed by atoms with E-state index in [0.29, 0.717) is 0 Å². The summed E-state index contributed by atoms with van der Waals surface area (Å²) >= 11 is 0. The van der Waals surface area contributed by atoms with Gasteiger partial charge >= 0.3 is 6.85 Å². The molecule has 4 heterocycles. The fourth-order valence-electron chi connectivity index (χ4n) is 9.63. The van der Waals surface area contributed by atoms with Crippen molar-refractivity contribution < 1.29 is 4.42 Å². The second-order valence-electron chi connectivity index (χ2n) is 15.5. The number of hydrogen-bond donors (Lipinski definition) is 0. The standard InChI is InChI=1S/C52H36BN3O/c1-33-22-24-39(25-23-33)56-46-31-40(54(37-16-8-4-9-17-37)38-18-10-5-11-19-38)26-27-41(46)43-28-34(2)50-42-20-12-13-21-45(42)55-47-32-49-36(29-44(47)53(56)51(43)52(50)55)30-48(57-49)35-14-6-3-7-15-35/h3-32H,1-2H3. The summed E-state index contributed by atoms with van der Waals surface area (Å²) in [4.78, 5) is 4.97. The minimum absolute atomic E-state index is 0.109. The SMILES string of the molecule is Cc1ccc(N2B3c4cc5cc(-c6ccccc6)oc5cc4-n4c5ccccc5c5c(C)cc(c3c54)-c3ccc(N(c4ccccc4)c4ccccc4)cc32)cc1. The maximum atomic E-state index is 6.70. The van der Waals surface area contributed by atoms with Gasteiger partial charge in [-0.15, -0.1) is 0 Å². The predicted molar refractivity (Wildman–Crippen MR) is 239 cm³/mol. The highest BCUT2D eigenvalue weighted by Crippen LogP contribution is 2.48. The number of benzene rings is 8. The van der Waals surface area contributed by atoms with Crippen LogP contribution in [-0.2, 0) is 0 Å². The molecule has 0 amide bonds. The van der Waals surface area contributed by atoms with Crippen molar-refractivity contribution in [3.05, 3.63) is 193 Å². The van der Waals surface area contributed by atoms with Gasteiger partial charge in [0.15, 0.2) is 0 Å². The largest absolute Gasteiger partial charge is 0.456 e. The van der Waals surface area contributed by atoms with Crippen molar-refractivity contribution in [1.82, 2.24) is 4.57 Å². The lowest BCUT2D eigenvalue weighted by Gasteiger charge is -2.42. The minimum Gasteiger partial charge on any atom is -0.456 e. The molecule has 8 aromatic carbocycles. The number of aryl methyl sites for hydroxylation is 2. The number of fused-ring (bicyclic) bond motifs is 9. The van der Waals surface area contributed by atoms with E-state index in [4.69, 9.17) is 4.42 Å². The van der Waals surface area contributed by atoms with Crippen LogP contribution in [0.15, 0.2) is 186 Å². The van der Waals surface area contributed by atoms with E-state index in [9.17, 15) is 0 Å². The van der Waals surface area contributed by atoms with Crippen molar-refractivity contribution in [3.63, 3.8) is 0 Å². The Balaban J connectivity index is 1.20. The molecule has 2 aliphatic heterocycles. The third-order valence-electron chi connectivity index (χ3n) is 12.1. The first kappa shape index (κ1) is 32.1. The van der Waals surface area contributed by atoms with Crippen molar-refractivity contribution in [3.8, 4) is 28.1 Å². The molecule has 268 valence electrons. The predicted octanol–water partition coefficient (Wildman–Crippen LogP) is 12.5. The van der Waals surface area contributed by atoms with Crippen molar-refractivity contribution in [2.75, 3.05) is 9.71 Å². The van der Waals surface area contributed by atoms with Crippen molar-refractivity contribution >= 4 is 79.0 Å². The van der Waals surface area contributed by atoms with Crippen LogP contribution in [-0.4, -0.2) is 11.4 Å². The van der Waals surface area contributed by atoms with E-state index in [-0.39, 0.29) is 6.85 Å². The molecular formula is C52H36BN3O. The Morgan fingerprint density at radius 1 is 0.561 bits per heavy atom. The zero-order valence-corrected chi connectivity index (χ0v) is 31.6. The fraction of sp³-hybridized carbons (Fsp3) is 0.0385. The van der Waals surface area contributed by atoms with Crippen LogP contribution in [0.2, 0.25) is 0 Å². The molecule has 0 spiro atoms. The van der Waals surface area contributed by atoms with E-state index < -0.39 is 0 Å². The number of aromatic nitrogens is 1. The van der Waals surface area contributed by atoms with E-state index in [2.05, 4.69) is 210 Å². The van der Waals surface area contributed by atoms with Crippen LogP contribution < -0.4 is 20.6 Å². The van der Waals surface area contributed by atoms with Gasteiger partial charge in [0.2, 0.25) is 0 Å². The molecule has 0 saturated heterocycles. The smallest absolute Gasteiger partial charge is 0.333 e. The number of rotatable bonds is 5. The number of hydrogen-bond acceptors (Lipinski definition) is 3. The number of furan rings is 1. The molecule has 12 rings (SSSR count). The third kappa shape index (κ3) is 4.69. The van der Waals surface area contributed by atoms with Crippen molar-refractivity contribution in [2.45, 2.75) is 13.8 Å². The molecule has 57 heavy (non-hydrogen) atoms. The molecule has 0 saturated carbocycles. The second kappa shape index (κ2) is 12.1. The molecule has 0 radical (unpaired) electrons. The van der Waals surface area contributed by atoms with Crippen molar-refractivity contribution in [1.29, 1.82) is 0 Å². The quantitative estimate of drug-likeness (QED) is 0.165. The lowest BCUT2D eigenvalue weighted by atomic mass is 9.43. The third-order valence-corrected chi connectivity index (χ3v) is 12.1. The summed E-state index contributed by atoms with van der Waals surface area (Å²) < 4.78 is 9.22. The van der Waals surface area contributed by atoms with Gasteiger partial charge in [-0.2, -0.15) is 0 Å². The van der Waals surface area contributed by atoms with Gasteiger partial charge in [0.05, 0.1) is 11.0 Å². The van der Waals surface area contributed by atoms with Crippen LogP contribution >= 0.6 is 0 Å². The molecule has 4 nitrogen and oxygen atoms in total. The monoisotopic (exact) mass is 729 g/mol. The molecule has 2 aromatic heterocycles. The van der Waals surface area contributed by atoms with Gasteiger partial charge in [0, 0.05) is 67.5 Å². The zero-order chi connectivity index (χ0) is 37.8. The normalized spacial score (nSPS) is 12.7. The number of para-hydroxylation sites is 3. The summed E-state index contributed by atoms with van der Waals surface area (Å²) in [5.41, 5.74) is 18.9. The lowest BCUT2D eigenvalue weighted by molar-refractivity contribution is 0.631. The molecule has 0 N–H and O–H groups in total. The lowest BCUT2D eigenvalue weighted by Crippen LogP contribution is -2.60. The zero-order valence-electron chi connectivity index (χ0n) is 31.6. The Labute approximate surface area is 331 Å². The molecule has 0 bridgehead atoms.